The van der Waals surface area contributed by atoms with Gasteiger partial charge in [0.2, 0.25) is 0 Å². The minimum atomic E-state index is -1.94. The van der Waals surface area contributed by atoms with E-state index in [9.17, 15) is 0 Å². The molecule has 0 saturated heterocycles. The Balaban J connectivity index is 0. The van der Waals surface area contributed by atoms with E-state index in [1.807, 2.05) is 38.7 Å². The lowest BCUT2D eigenvalue weighted by atomic mass is 10.3. The fourth-order valence-corrected chi connectivity index (χ4v) is 2.53. The molecule has 0 aromatic heterocycles. The standard InChI is InChI=1S/C14H24NO2P.C2H5N.C2H6/c1-5-12-16-18(3,4)17-13-15(6-2)14-10-8-7-9-11-14;1-3-2;1-2/h7-11H,3,5-6,12-13H2,1-2,4H3;1H2,2H3;1-2H3. The summed E-state index contributed by atoms with van der Waals surface area (Å²) >= 11 is 0. The quantitative estimate of drug-likeness (QED) is 0.371. The van der Waals surface area contributed by atoms with E-state index < -0.39 is 7.34 Å². The van der Waals surface area contributed by atoms with Gasteiger partial charge in [-0.1, -0.05) is 45.3 Å². The molecule has 0 heterocycles. The minimum Gasteiger partial charge on any atom is -0.349 e. The van der Waals surface area contributed by atoms with Crippen LogP contribution in [0, 0.1) is 0 Å². The van der Waals surface area contributed by atoms with Gasteiger partial charge in [-0.15, -0.1) is 0 Å². The van der Waals surface area contributed by atoms with Crippen LogP contribution in [-0.4, -0.2) is 46.6 Å². The number of benzene rings is 1. The smallest absolute Gasteiger partial charge is 0.125 e. The average Bonchev–Trinajstić information content (AvgIpc) is 2.57. The van der Waals surface area contributed by atoms with Crippen molar-refractivity contribution in [3.63, 3.8) is 0 Å². The molecule has 0 aliphatic heterocycles. The van der Waals surface area contributed by atoms with Gasteiger partial charge in [0.1, 0.15) is 14.1 Å². The van der Waals surface area contributed by atoms with Crippen molar-refractivity contribution < 1.29 is 9.05 Å². The molecule has 0 aliphatic carbocycles. The number of rotatable bonds is 8. The maximum Gasteiger partial charge on any atom is 0.125 e. The summed E-state index contributed by atoms with van der Waals surface area (Å²) in [6.45, 7) is 15.4. The summed E-state index contributed by atoms with van der Waals surface area (Å²) in [6, 6.07) is 10.2. The summed E-state index contributed by atoms with van der Waals surface area (Å²) in [5, 5.41) is 0. The lowest BCUT2D eigenvalue weighted by molar-refractivity contribution is 0.249. The van der Waals surface area contributed by atoms with Gasteiger partial charge in [0.05, 0.1) is 6.61 Å². The second-order valence-corrected chi connectivity index (χ2v) is 7.16. The number of hydrogen-bond acceptors (Lipinski definition) is 4. The zero-order chi connectivity index (χ0) is 18.1. The van der Waals surface area contributed by atoms with E-state index in [2.05, 4.69) is 48.9 Å². The number of aliphatic imine (C=N–C) groups is 1. The van der Waals surface area contributed by atoms with Gasteiger partial charge in [-0.05, 0) is 32.2 Å². The summed E-state index contributed by atoms with van der Waals surface area (Å²) in [6.07, 6.45) is 5.04. The Morgan fingerprint density at radius 1 is 1.13 bits per heavy atom. The molecule has 0 amide bonds. The first-order valence-electron chi connectivity index (χ1n) is 8.15. The van der Waals surface area contributed by atoms with Crippen LogP contribution >= 0.6 is 7.34 Å². The van der Waals surface area contributed by atoms with Gasteiger partial charge in [0.15, 0.2) is 0 Å². The predicted molar refractivity (Wildman–Crippen MR) is 108 cm³/mol. The predicted octanol–water partition coefficient (Wildman–Crippen LogP) is 5.17. The maximum atomic E-state index is 5.84. The molecule has 0 N–H and O–H groups in total. The van der Waals surface area contributed by atoms with Crippen LogP contribution in [0.4, 0.5) is 5.69 Å². The van der Waals surface area contributed by atoms with Crippen molar-refractivity contribution in [2.75, 3.05) is 38.5 Å². The Morgan fingerprint density at radius 3 is 2.09 bits per heavy atom. The average molecular weight is 342 g/mol. The molecule has 1 aromatic carbocycles. The Kier molecular flexibility index (Phi) is 16.6. The van der Waals surface area contributed by atoms with Crippen LogP contribution in [0.1, 0.15) is 34.1 Å². The summed E-state index contributed by atoms with van der Waals surface area (Å²) in [4.78, 5) is 5.42. The van der Waals surface area contributed by atoms with Crippen molar-refractivity contribution in [1.29, 1.82) is 0 Å². The fraction of sp³-hybridized carbons (Fsp3) is 0.556. The van der Waals surface area contributed by atoms with Crippen LogP contribution in [0.15, 0.2) is 35.3 Å². The van der Waals surface area contributed by atoms with Gasteiger partial charge in [-0.3, -0.25) is 0 Å². The van der Waals surface area contributed by atoms with Crippen molar-refractivity contribution in [2.45, 2.75) is 34.1 Å². The van der Waals surface area contributed by atoms with Crippen molar-refractivity contribution >= 4 is 26.0 Å². The molecule has 0 saturated carbocycles. The number of nitrogens with zero attached hydrogens (tertiary/aromatic N) is 2. The van der Waals surface area contributed by atoms with E-state index in [4.69, 9.17) is 9.05 Å². The summed E-state index contributed by atoms with van der Waals surface area (Å²) in [5.74, 6) is 0. The van der Waals surface area contributed by atoms with E-state index in [-0.39, 0.29) is 0 Å². The molecule has 134 valence electrons. The molecular weight excluding hydrogens is 307 g/mol. The highest BCUT2D eigenvalue weighted by molar-refractivity contribution is 7.63. The fourth-order valence-electron chi connectivity index (χ4n) is 1.50. The second kappa shape index (κ2) is 15.8. The first kappa shape index (κ1) is 24.2. The molecule has 0 bridgehead atoms. The normalized spacial score (nSPS) is 11.9. The van der Waals surface area contributed by atoms with E-state index in [0.717, 1.165) is 18.7 Å². The highest BCUT2D eigenvalue weighted by Crippen LogP contribution is 2.43. The summed E-state index contributed by atoms with van der Waals surface area (Å²) < 4.78 is 11.5. The highest BCUT2D eigenvalue weighted by Gasteiger charge is 2.11. The summed E-state index contributed by atoms with van der Waals surface area (Å²) in [7, 11) is -0.299. The Bertz CT molecular complexity index is 424. The monoisotopic (exact) mass is 342 g/mol. The van der Waals surface area contributed by atoms with Gasteiger partial charge in [0, 0.05) is 25.9 Å². The third-order valence-electron chi connectivity index (χ3n) is 2.56. The molecule has 1 unspecified atom stereocenters. The first-order valence-corrected chi connectivity index (χ1v) is 10.4. The second-order valence-electron chi connectivity index (χ2n) is 4.61. The van der Waals surface area contributed by atoms with Crippen molar-refractivity contribution in [2.24, 2.45) is 4.99 Å². The van der Waals surface area contributed by atoms with Crippen molar-refractivity contribution in [3.8, 4) is 0 Å². The molecule has 0 spiro atoms. The van der Waals surface area contributed by atoms with Gasteiger partial charge in [-0.25, -0.2) is 0 Å². The van der Waals surface area contributed by atoms with Crippen LogP contribution in [0.3, 0.4) is 0 Å². The molecular formula is C18H35N2O2P. The van der Waals surface area contributed by atoms with Gasteiger partial charge in [-0.2, -0.15) is 0 Å². The molecule has 0 radical (unpaired) electrons. The molecule has 0 fully saturated rings. The minimum absolute atomic E-state index is 0.526. The van der Waals surface area contributed by atoms with Crippen LogP contribution in [0.2, 0.25) is 0 Å². The lowest BCUT2D eigenvalue weighted by Gasteiger charge is -2.27. The molecule has 1 aromatic rings. The molecule has 0 aliphatic rings. The Morgan fingerprint density at radius 2 is 1.65 bits per heavy atom. The largest absolute Gasteiger partial charge is 0.349 e. The van der Waals surface area contributed by atoms with Crippen LogP contribution < -0.4 is 4.90 Å². The van der Waals surface area contributed by atoms with Crippen molar-refractivity contribution in [3.05, 3.63) is 30.3 Å². The molecule has 5 heteroatoms. The lowest BCUT2D eigenvalue weighted by Crippen LogP contribution is -2.25. The van der Waals surface area contributed by atoms with Gasteiger partial charge in [0.25, 0.3) is 0 Å². The highest BCUT2D eigenvalue weighted by atomic mass is 31.2. The van der Waals surface area contributed by atoms with Gasteiger partial charge >= 0.3 is 0 Å². The first-order chi connectivity index (χ1) is 11.0. The van der Waals surface area contributed by atoms with Crippen LogP contribution in [0.5, 0.6) is 0 Å². The zero-order valence-electron chi connectivity index (χ0n) is 15.8. The number of anilines is 1. The third-order valence-corrected chi connectivity index (χ3v) is 3.95. The molecule has 23 heavy (non-hydrogen) atoms. The molecule has 4 nitrogen and oxygen atoms in total. The van der Waals surface area contributed by atoms with E-state index >= 15 is 0 Å². The van der Waals surface area contributed by atoms with Crippen molar-refractivity contribution in [1.82, 2.24) is 0 Å². The SMILES string of the molecule is C=NC.C=P(C)(OCCC)OCN(CC)c1ccccc1.CC. The van der Waals surface area contributed by atoms with E-state index in [1.54, 1.807) is 7.05 Å². The Labute approximate surface area is 143 Å². The number of para-hydroxylation sites is 1. The summed E-state index contributed by atoms with van der Waals surface area (Å²) in [5.41, 5.74) is 1.16. The molecule has 1 rings (SSSR count). The topological polar surface area (TPSA) is 34.1 Å². The Hall–Kier alpha value is -1.09. The van der Waals surface area contributed by atoms with E-state index in [0.29, 0.717) is 13.3 Å². The van der Waals surface area contributed by atoms with Crippen LogP contribution in [0.25, 0.3) is 0 Å². The van der Waals surface area contributed by atoms with Gasteiger partial charge < -0.3 is 18.9 Å². The van der Waals surface area contributed by atoms with E-state index in [1.165, 1.54) is 0 Å². The third kappa shape index (κ3) is 13.1. The molecule has 1 atom stereocenters. The number of hydrogen-bond donors (Lipinski definition) is 0. The zero-order valence-corrected chi connectivity index (χ0v) is 16.7. The van der Waals surface area contributed by atoms with Crippen LogP contribution in [-0.2, 0) is 9.05 Å². The maximum absolute atomic E-state index is 5.84.